The van der Waals surface area contributed by atoms with E-state index >= 15 is 0 Å². The van der Waals surface area contributed by atoms with E-state index in [4.69, 9.17) is 5.73 Å². The van der Waals surface area contributed by atoms with Crippen LogP contribution < -0.4 is 11.1 Å². The van der Waals surface area contributed by atoms with Crippen molar-refractivity contribution in [3.63, 3.8) is 0 Å². The Kier molecular flexibility index (Phi) is 3.52. The first kappa shape index (κ1) is 11.8. The molecule has 0 atom stereocenters. The second-order valence-electron chi connectivity index (χ2n) is 2.88. The van der Waals surface area contributed by atoms with Gasteiger partial charge in [0.25, 0.3) is 0 Å². The summed E-state index contributed by atoms with van der Waals surface area (Å²) >= 11 is 0. The third-order valence-electron chi connectivity index (χ3n) is 1.76. The Hall–Kier alpha value is -1.30. The van der Waals surface area contributed by atoms with Gasteiger partial charge in [0, 0.05) is 13.1 Å². The van der Waals surface area contributed by atoms with Crippen LogP contribution in [0.3, 0.4) is 0 Å². The molecule has 2 nitrogen and oxygen atoms in total. The highest BCUT2D eigenvalue weighted by molar-refractivity contribution is 5.48. The minimum Gasteiger partial charge on any atom is -0.381 e. The van der Waals surface area contributed by atoms with E-state index < -0.39 is 17.6 Å². The van der Waals surface area contributed by atoms with Crippen molar-refractivity contribution in [1.29, 1.82) is 0 Å². The van der Waals surface area contributed by atoms with E-state index in [2.05, 4.69) is 5.32 Å². The summed E-state index contributed by atoms with van der Waals surface area (Å²) in [6.45, 7) is 0.438. The number of alkyl halides is 3. The molecule has 0 radical (unpaired) electrons. The van der Waals surface area contributed by atoms with E-state index in [1.54, 1.807) is 0 Å². The highest BCUT2D eigenvalue weighted by Crippen LogP contribution is 2.33. The molecule has 0 aliphatic rings. The van der Waals surface area contributed by atoms with Gasteiger partial charge in [-0.3, -0.25) is 0 Å². The van der Waals surface area contributed by atoms with Gasteiger partial charge in [0.1, 0.15) is 0 Å². The van der Waals surface area contributed by atoms with E-state index in [0.29, 0.717) is 6.07 Å². The standard InChI is InChI=1S/C9H10F4N2/c10-8-6(9(11,12)13)2-1-3-7(8)15-5-4-14/h1-3,15H,4-5,14H2. The minimum absolute atomic E-state index is 0.185. The summed E-state index contributed by atoms with van der Waals surface area (Å²) in [5, 5.41) is 2.48. The molecule has 0 amide bonds. The van der Waals surface area contributed by atoms with Crippen LogP contribution in [0.15, 0.2) is 18.2 Å². The van der Waals surface area contributed by atoms with Crippen LogP contribution in [0.4, 0.5) is 23.2 Å². The molecule has 6 heteroatoms. The van der Waals surface area contributed by atoms with Crippen LogP contribution in [0.1, 0.15) is 5.56 Å². The lowest BCUT2D eigenvalue weighted by Gasteiger charge is -2.11. The Bertz CT molecular complexity index is 335. The Morgan fingerprint density at radius 2 is 1.93 bits per heavy atom. The molecule has 0 unspecified atom stereocenters. The highest BCUT2D eigenvalue weighted by atomic mass is 19.4. The van der Waals surface area contributed by atoms with E-state index in [-0.39, 0.29) is 18.8 Å². The summed E-state index contributed by atoms with van der Waals surface area (Å²) in [6.07, 6.45) is -4.68. The predicted octanol–water partition coefficient (Wildman–Crippen LogP) is 2.22. The molecule has 3 N–H and O–H groups in total. The molecular formula is C9H10F4N2. The number of nitrogens with two attached hydrogens (primary N) is 1. The molecule has 0 fully saturated rings. The third-order valence-corrected chi connectivity index (χ3v) is 1.76. The number of rotatable bonds is 3. The van der Waals surface area contributed by atoms with Crippen LogP contribution in [0, 0.1) is 5.82 Å². The van der Waals surface area contributed by atoms with Gasteiger partial charge in [-0.15, -0.1) is 0 Å². The van der Waals surface area contributed by atoms with Gasteiger partial charge in [-0.2, -0.15) is 13.2 Å². The maximum Gasteiger partial charge on any atom is 0.419 e. The van der Waals surface area contributed by atoms with Crippen molar-refractivity contribution >= 4 is 5.69 Å². The van der Waals surface area contributed by atoms with Crippen molar-refractivity contribution in [3.05, 3.63) is 29.6 Å². The van der Waals surface area contributed by atoms with Crippen LogP contribution in [-0.2, 0) is 6.18 Å². The van der Waals surface area contributed by atoms with Crippen molar-refractivity contribution < 1.29 is 17.6 Å². The summed E-state index contributed by atoms with van der Waals surface area (Å²) in [5.41, 5.74) is 3.68. The van der Waals surface area contributed by atoms with Gasteiger partial charge >= 0.3 is 6.18 Å². The normalized spacial score (nSPS) is 11.5. The number of halogens is 4. The van der Waals surface area contributed by atoms with Gasteiger partial charge in [-0.25, -0.2) is 4.39 Å². The monoisotopic (exact) mass is 222 g/mol. The molecule has 0 aliphatic carbocycles. The molecule has 84 valence electrons. The fourth-order valence-electron chi connectivity index (χ4n) is 1.09. The minimum atomic E-state index is -4.68. The molecule has 0 saturated carbocycles. The fraction of sp³-hybridized carbons (Fsp3) is 0.333. The molecule has 15 heavy (non-hydrogen) atoms. The van der Waals surface area contributed by atoms with Gasteiger partial charge in [-0.05, 0) is 12.1 Å². The fourth-order valence-corrected chi connectivity index (χ4v) is 1.09. The number of hydrogen-bond donors (Lipinski definition) is 2. The lowest BCUT2D eigenvalue weighted by molar-refractivity contribution is -0.139. The first-order valence-electron chi connectivity index (χ1n) is 4.26. The highest BCUT2D eigenvalue weighted by Gasteiger charge is 2.34. The molecule has 0 saturated heterocycles. The van der Waals surface area contributed by atoms with Crippen LogP contribution >= 0.6 is 0 Å². The number of hydrogen-bond acceptors (Lipinski definition) is 2. The Labute approximate surface area is 84.1 Å². The van der Waals surface area contributed by atoms with Gasteiger partial charge in [0.2, 0.25) is 0 Å². The first-order chi connectivity index (χ1) is 6.96. The van der Waals surface area contributed by atoms with Crippen molar-refractivity contribution in [3.8, 4) is 0 Å². The van der Waals surface area contributed by atoms with Crippen LogP contribution in [0.5, 0.6) is 0 Å². The van der Waals surface area contributed by atoms with Crippen LogP contribution in [0.2, 0.25) is 0 Å². The van der Waals surface area contributed by atoms with Crippen molar-refractivity contribution in [2.24, 2.45) is 5.73 Å². The van der Waals surface area contributed by atoms with Gasteiger partial charge in [0.15, 0.2) is 5.82 Å². The quantitative estimate of drug-likeness (QED) is 0.769. The van der Waals surface area contributed by atoms with Crippen LogP contribution in [-0.4, -0.2) is 13.1 Å². The summed E-state index contributed by atoms with van der Waals surface area (Å²) in [7, 11) is 0. The topological polar surface area (TPSA) is 38.0 Å². The van der Waals surface area contributed by atoms with Gasteiger partial charge in [0.05, 0.1) is 11.3 Å². The third kappa shape index (κ3) is 2.82. The lowest BCUT2D eigenvalue weighted by atomic mass is 10.1. The molecule has 1 aromatic rings. The lowest BCUT2D eigenvalue weighted by Crippen LogP contribution is -2.16. The summed E-state index contributed by atoms with van der Waals surface area (Å²) in [6, 6.07) is 3.08. The van der Waals surface area contributed by atoms with E-state index in [1.165, 1.54) is 6.07 Å². The van der Waals surface area contributed by atoms with Gasteiger partial charge < -0.3 is 11.1 Å². The SMILES string of the molecule is NCCNc1cccc(C(F)(F)F)c1F. The zero-order chi connectivity index (χ0) is 11.5. The molecule has 1 rings (SSSR count). The maximum absolute atomic E-state index is 13.3. The predicted molar refractivity (Wildman–Crippen MR) is 48.9 cm³/mol. The average molecular weight is 222 g/mol. The van der Waals surface area contributed by atoms with Crippen LogP contribution in [0.25, 0.3) is 0 Å². The number of anilines is 1. The van der Waals surface area contributed by atoms with E-state index in [1.807, 2.05) is 0 Å². The van der Waals surface area contributed by atoms with E-state index in [0.717, 1.165) is 6.07 Å². The molecule has 0 aromatic heterocycles. The Morgan fingerprint density at radius 3 is 2.47 bits per heavy atom. The first-order valence-corrected chi connectivity index (χ1v) is 4.26. The largest absolute Gasteiger partial charge is 0.419 e. The summed E-state index contributed by atoms with van der Waals surface area (Å²) in [5.74, 6) is -1.29. The molecular weight excluding hydrogens is 212 g/mol. The number of benzene rings is 1. The maximum atomic E-state index is 13.3. The smallest absolute Gasteiger partial charge is 0.381 e. The second-order valence-corrected chi connectivity index (χ2v) is 2.88. The molecule has 0 bridgehead atoms. The van der Waals surface area contributed by atoms with Gasteiger partial charge in [-0.1, -0.05) is 6.07 Å². The Balaban J connectivity index is 3.01. The summed E-state index contributed by atoms with van der Waals surface area (Å²) in [4.78, 5) is 0. The average Bonchev–Trinajstić information content (AvgIpc) is 2.14. The molecule has 0 heterocycles. The molecule has 1 aromatic carbocycles. The summed E-state index contributed by atoms with van der Waals surface area (Å²) < 4.78 is 50.0. The van der Waals surface area contributed by atoms with Crippen molar-refractivity contribution in [2.75, 3.05) is 18.4 Å². The van der Waals surface area contributed by atoms with Crippen molar-refractivity contribution in [1.82, 2.24) is 0 Å². The zero-order valence-corrected chi connectivity index (χ0v) is 7.74. The van der Waals surface area contributed by atoms with Crippen molar-refractivity contribution in [2.45, 2.75) is 6.18 Å². The molecule has 0 spiro atoms. The number of nitrogens with one attached hydrogen (secondary N) is 1. The second kappa shape index (κ2) is 4.48. The van der Waals surface area contributed by atoms with E-state index in [9.17, 15) is 17.6 Å². The molecule has 0 aliphatic heterocycles. The Morgan fingerprint density at radius 1 is 1.27 bits per heavy atom. The zero-order valence-electron chi connectivity index (χ0n) is 7.74.